The van der Waals surface area contributed by atoms with E-state index in [4.69, 9.17) is 10.5 Å². The van der Waals surface area contributed by atoms with Gasteiger partial charge in [-0.15, -0.1) is 0 Å². The van der Waals surface area contributed by atoms with E-state index in [2.05, 4.69) is 5.32 Å². The van der Waals surface area contributed by atoms with Crippen molar-refractivity contribution in [3.05, 3.63) is 24.3 Å². The van der Waals surface area contributed by atoms with Crippen LogP contribution < -0.4 is 11.1 Å². The second kappa shape index (κ2) is 6.69. The highest BCUT2D eigenvalue weighted by Gasteiger charge is 2.47. The fraction of sp³-hybridized carbons (Fsp3) is 0.500. The molecule has 0 bridgehead atoms. The number of rotatable bonds is 4. The van der Waals surface area contributed by atoms with E-state index in [0.29, 0.717) is 12.8 Å². The third-order valence-electron chi connectivity index (χ3n) is 4.01. The molecule has 3 N–H and O–H groups in total. The van der Waals surface area contributed by atoms with E-state index in [0.717, 1.165) is 18.2 Å². The molecule has 2 rings (SSSR count). The number of amides is 1. The van der Waals surface area contributed by atoms with Gasteiger partial charge in [0.25, 0.3) is 9.84 Å². The number of carbonyl (C=O) groups excluding carboxylic acids is 1. The summed E-state index contributed by atoms with van der Waals surface area (Å²) in [5, 5.41) is 2.42. The lowest BCUT2D eigenvalue weighted by Gasteiger charge is -2.19. The van der Waals surface area contributed by atoms with E-state index in [-0.39, 0.29) is 11.8 Å². The molecule has 1 aromatic carbocycles. The second-order valence-electron chi connectivity index (χ2n) is 5.50. The number of benzene rings is 1. The summed E-state index contributed by atoms with van der Waals surface area (Å²) in [6.45, 7) is 0. The Morgan fingerprint density at radius 3 is 2.54 bits per heavy atom. The predicted molar refractivity (Wildman–Crippen MR) is 79.8 cm³/mol. The molecule has 0 saturated heterocycles. The summed E-state index contributed by atoms with van der Waals surface area (Å²) in [6, 6.07) is 3.50. The minimum atomic E-state index is -5.47. The van der Waals surface area contributed by atoms with Gasteiger partial charge in [0.1, 0.15) is 0 Å². The number of anilines is 1. The van der Waals surface area contributed by atoms with E-state index in [1.165, 1.54) is 13.2 Å². The summed E-state index contributed by atoms with van der Waals surface area (Å²) in [5.74, 6) is -1.04. The second-order valence-corrected chi connectivity index (χ2v) is 7.44. The highest BCUT2D eigenvalue weighted by atomic mass is 32.2. The molecule has 0 spiro atoms. The van der Waals surface area contributed by atoms with E-state index in [1.54, 1.807) is 0 Å². The van der Waals surface area contributed by atoms with E-state index < -0.39 is 38.1 Å². The average molecular weight is 366 g/mol. The van der Waals surface area contributed by atoms with Crippen LogP contribution in [0.4, 0.5) is 18.9 Å². The van der Waals surface area contributed by atoms with Crippen LogP contribution in [0, 0.1) is 5.92 Å². The van der Waals surface area contributed by atoms with Crippen LogP contribution in [-0.2, 0) is 19.4 Å². The maximum atomic E-state index is 12.6. The summed E-state index contributed by atoms with van der Waals surface area (Å²) < 4.78 is 65.7. The first-order valence-corrected chi connectivity index (χ1v) is 8.57. The molecule has 3 atom stereocenters. The lowest BCUT2D eigenvalue weighted by Crippen LogP contribution is -2.41. The smallest absolute Gasteiger partial charge is 0.380 e. The first kappa shape index (κ1) is 18.7. The van der Waals surface area contributed by atoms with Crippen molar-refractivity contribution in [2.24, 2.45) is 11.7 Å². The Balaban J connectivity index is 2.18. The number of ether oxygens (including phenoxy) is 1. The zero-order valence-corrected chi connectivity index (χ0v) is 13.5. The summed E-state index contributed by atoms with van der Waals surface area (Å²) >= 11 is 0. The Labute approximate surface area is 137 Å². The van der Waals surface area contributed by atoms with Crippen LogP contribution in [0.25, 0.3) is 0 Å². The van der Waals surface area contributed by atoms with Crippen LogP contribution in [0.5, 0.6) is 0 Å². The van der Waals surface area contributed by atoms with Gasteiger partial charge in [-0.05, 0) is 31.0 Å². The van der Waals surface area contributed by atoms with Crippen molar-refractivity contribution in [2.75, 3.05) is 12.4 Å². The Kier molecular flexibility index (Phi) is 5.21. The van der Waals surface area contributed by atoms with Crippen molar-refractivity contribution < 1.29 is 31.1 Å². The number of hydrogen-bond donors (Lipinski definition) is 2. The van der Waals surface area contributed by atoms with Crippen LogP contribution in [0.3, 0.4) is 0 Å². The molecular weight excluding hydrogens is 349 g/mol. The molecular formula is C14H17F3N2O4S. The summed E-state index contributed by atoms with van der Waals surface area (Å²) in [4.78, 5) is 11.3. The van der Waals surface area contributed by atoms with Crippen LogP contribution >= 0.6 is 0 Å². The standard InChI is InChI=1S/C14H17F3N2O4S/c1-23-11-6-5-10(12(11)18)13(20)19-8-3-2-4-9(7-8)24(21,22)14(15,16)17/h2-4,7,10-12H,5-6,18H2,1H3,(H,19,20)/t10-,11?,12?/m1/s1. The number of halogens is 3. The number of methoxy groups -OCH3 is 1. The molecule has 2 unspecified atom stereocenters. The minimum absolute atomic E-state index is 0.0432. The maximum absolute atomic E-state index is 12.6. The average Bonchev–Trinajstić information content (AvgIpc) is 2.87. The Bertz CT molecular complexity index is 721. The van der Waals surface area contributed by atoms with Crippen molar-refractivity contribution in [2.45, 2.75) is 35.4 Å². The van der Waals surface area contributed by atoms with Gasteiger partial charge < -0.3 is 15.8 Å². The molecule has 134 valence electrons. The van der Waals surface area contributed by atoms with Crippen molar-refractivity contribution >= 4 is 21.4 Å². The largest absolute Gasteiger partial charge is 0.501 e. The molecule has 1 amide bonds. The van der Waals surface area contributed by atoms with E-state index in [1.807, 2.05) is 0 Å². The van der Waals surface area contributed by atoms with Gasteiger partial charge in [0, 0.05) is 18.8 Å². The molecule has 1 aliphatic carbocycles. The molecule has 0 aromatic heterocycles. The summed E-state index contributed by atoms with van der Waals surface area (Å²) in [6.07, 6.45) is 0.808. The van der Waals surface area contributed by atoms with Crippen LogP contribution in [0.15, 0.2) is 29.2 Å². The third kappa shape index (κ3) is 3.55. The lowest BCUT2D eigenvalue weighted by atomic mass is 10.0. The Morgan fingerprint density at radius 2 is 2.00 bits per heavy atom. The zero-order chi connectivity index (χ0) is 18.1. The molecule has 24 heavy (non-hydrogen) atoms. The molecule has 0 radical (unpaired) electrons. The maximum Gasteiger partial charge on any atom is 0.501 e. The van der Waals surface area contributed by atoms with Gasteiger partial charge in [-0.1, -0.05) is 6.07 Å². The van der Waals surface area contributed by atoms with Gasteiger partial charge in [0.2, 0.25) is 5.91 Å². The molecule has 1 fully saturated rings. The molecule has 1 saturated carbocycles. The van der Waals surface area contributed by atoms with Crippen LogP contribution in [0.1, 0.15) is 12.8 Å². The first-order valence-electron chi connectivity index (χ1n) is 7.08. The van der Waals surface area contributed by atoms with Gasteiger partial charge in [-0.25, -0.2) is 8.42 Å². The first-order chi connectivity index (χ1) is 11.1. The lowest BCUT2D eigenvalue weighted by molar-refractivity contribution is -0.120. The Hall–Kier alpha value is -1.65. The van der Waals surface area contributed by atoms with Crippen molar-refractivity contribution in [1.82, 2.24) is 0 Å². The fourth-order valence-corrected chi connectivity index (χ4v) is 3.49. The van der Waals surface area contributed by atoms with Gasteiger partial charge >= 0.3 is 5.51 Å². The predicted octanol–water partition coefficient (Wildman–Crippen LogP) is 1.67. The quantitative estimate of drug-likeness (QED) is 0.845. The normalized spacial score (nSPS) is 24.8. The highest BCUT2D eigenvalue weighted by Crippen LogP contribution is 2.32. The monoisotopic (exact) mass is 366 g/mol. The SMILES string of the molecule is COC1CC[C@@H](C(=O)Nc2cccc(S(=O)(=O)C(F)(F)F)c2)C1N. The number of hydrogen-bond acceptors (Lipinski definition) is 5. The van der Waals surface area contributed by atoms with Gasteiger partial charge in [-0.2, -0.15) is 13.2 Å². The third-order valence-corrected chi connectivity index (χ3v) is 5.50. The van der Waals surface area contributed by atoms with Gasteiger partial charge in [-0.3, -0.25) is 4.79 Å². The highest BCUT2D eigenvalue weighted by molar-refractivity contribution is 7.92. The van der Waals surface area contributed by atoms with Crippen LogP contribution in [0.2, 0.25) is 0 Å². The van der Waals surface area contributed by atoms with Crippen molar-refractivity contribution in [3.8, 4) is 0 Å². The molecule has 0 aliphatic heterocycles. The number of nitrogens with one attached hydrogen (secondary N) is 1. The van der Waals surface area contributed by atoms with Crippen molar-refractivity contribution in [1.29, 1.82) is 0 Å². The van der Waals surface area contributed by atoms with Crippen molar-refractivity contribution in [3.63, 3.8) is 0 Å². The minimum Gasteiger partial charge on any atom is -0.380 e. The molecule has 1 aromatic rings. The summed E-state index contributed by atoms with van der Waals surface area (Å²) in [5.41, 5.74) is 0.463. The number of sulfone groups is 1. The fourth-order valence-electron chi connectivity index (χ4n) is 2.68. The number of alkyl halides is 3. The topological polar surface area (TPSA) is 98.5 Å². The zero-order valence-electron chi connectivity index (χ0n) is 12.7. The summed E-state index contributed by atoms with van der Waals surface area (Å²) in [7, 11) is -3.99. The van der Waals surface area contributed by atoms with Gasteiger partial charge in [0.15, 0.2) is 0 Å². The number of carbonyl (C=O) groups is 1. The Morgan fingerprint density at radius 1 is 1.33 bits per heavy atom. The molecule has 6 nitrogen and oxygen atoms in total. The molecule has 10 heteroatoms. The van der Waals surface area contributed by atoms with Gasteiger partial charge in [0.05, 0.1) is 16.9 Å². The molecule has 1 aliphatic rings. The molecule has 0 heterocycles. The van der Waals surface area contributed by atoms with Crippen LogP contribution in [-0.4, -0.2) is 39.1 Å². The van der Waals surface area contributed by atoms with E-state index >= 15 is 0 Å². The number of nitrogens with two attached hydrogens (primary N) is 1. The van der Waals surface area contributed by atoms with E-state index in [9.17, 15) is 26.4 Å².